The summed E-state index contributed by atoms with van der Waals surface area (Å²) in [6.07, 6.45) is 3.54. The smallest absolute Gasteiger partial charge is 0.144 e. The Hall–Kier alpha value is -2.13. The summed E-state index contributed by atoms with van der Waals surface area (Å²) < 4.78 is 1.84. The Balaban J connectivity index is 2.15. The summed E-state index contributed by atoms with van der Waals surface area (Å²) in [5, 5.41) is 13.1. The van der Waals surface area contributed by atoms with Gasteiger partial charge in [0.15, 0.2) is 0 Å². The molecule has 3 rings (SSSR count). The summed E-state index contributed by atoms with van der Waals surface area (Å²) in [7, 11) is 1.89. The van der Waals surface area contributed by atoms with E-state index in [9.17, 15) is 5.11 Å². The molecule has 3 nitrogen and oxygen atoms in total. The van der Waals surface area contributed by atoms with Crippen molar-refractivity contribution in [3.8, 4) is 0 Å². The molecule has 1 aromatic heterocycles. The fourth-order valence-electron chi connectivity index (χ4n) is 2.46. The Morgan fingerprint density at radius 1 is 1.11 bits per heavy atom. The van der Waals surface area contributed by atoms with Gasteiger partial charge in [0.25, 0.3) is 0 Å². The number of aliphatic hydroxyl groups is 1. The minimum atomic E-state index is -1.09. The molecule has 0 bridgehead atoms. The highest BCUT2D eigenvalue weighted by Gasteiger charge is 2.29. The van der Waals surface area contributed by atoms with Crippen LogP contribution in [-0.4, -0.2) is 14.7 Å². The third kappa shape index (κ3) is 1.92. The molecule has 3 heteroatoms. The lowest BCUT2D eigenvalue weighted by Crippen LogP contribution is -2.26. The van der Waals surface area contributed by atoms with Crippen molar-refractivity contribution in [3.05, 3.63) is 66.2 Å². The number of imidazole rings is 1. The van der Waals surface area contributed by atoms with Crippen LogP contribution in [0.4, 0.5) is 0 Å². The standard InChI is InChI=1S/C16H16N2O/c1-16(19,15-17-9-10-18(15)2)14-8-7-12-5-3-4-6-13(12)11-14/h3-11,19H,1-2H3. The van der Waals surface area contributed by atoms with Gasteiger partial charge in [-0.1, -0.05) is 36.4 Å². The molecule has 0 aliphatic rings. The minimum Gasteiger partial charge on any atom is -0.377 e. The van der Waals surface area contributed by atoms with Crippen LogP contribution < -0.4 is 0 Å². The van der Waals surface area contributed by atoms with E-state index in [1.165, 1.54) is 5.39 Å². The van der Waals surface area contributed by atoms with Gasteiger partial charge in [0.05, 0.1) is 0 Å². The first-order chi connectivity index (χ1) is 9.09. The van der Waals surface area contributed by atoms with Gasteiger partial charge in [0, 0.05) is 19.4 Å². The summed E-state index contributed by atoms with van der Waals surface area (Å²) >= 11 is 0. The van der Waals surface area contributed by atoms with Gasteiger partial charge in [0.1, 0.15) is 11.4 Å². The monoisotopic (exact) mass is 252 g/mol. The van der Waals surface area contributed by atoms with Gasteiger partial charge in [-0.05, 0) is 29.3 Å². The molecule has 0 aliphatic carbocycles. The van der Waals surface area contributed by atoms with Crippen molar-refractivity contribution in [2.45, 2.75) is 12.5 Å². The van der Waals surface area contributed by atoms with Gasteiger partial charge in [-0.2, -0.15) is 0 Å². The lowest BCUT2D eigenvalue weighted by molar-refractivity contribution is 0.0893. The molecule has 0 amide bonds. The van der Waals surface area contributed by atoms with E-state index in [1.54, 1.807) is 13.1 Å². The van der Waals surface area contributed by atoms with Crippen LogP contribution >= 0.6 is 0 Å². The molecule has 0 fully saturated rings. The summed E-state index contributed by atoms with van der Waals surface area (Å²) in [6.45, 7) is 1.78. The van der Waals surface area contributed by atoms with E-state index >= 15 is 0 Å². The normalized spacial score (nSPS) is 14.5. The molecule has 0 saturated carbocycles. The van der Waals surface area contributed by atoms with Gasteiger partial charge in [0.2, 0.25) is 0 Å². The van der Waals surface area contributed by atoms with Crippen LogP contribution in [0.15, 0.2) is 54.9 Å². The summed E-state index contributed by atoms with van der Waals surface area (Å²) in [5.41, 5.74) is -0.247. The van der Waals surface area contributed by atoms with Crippen LogP contribution in [0.2, 0.25) is 0 Å². The minimum absolute atomic E-state index is 0.641. The Morgan fingerprint density at radius 2 is 1.84 bits per heavy atom. The SMILES string of the molecule is Cn1ccnc1C(C)(O)c1ccc2ccccc2c1. The third-order valence-corrected chi connectivity index (χ3v) is 3.57. The average molecular weight is 252 g/mol. The largest absolute Gasteiger partial charge is 0.377 e. The third-order valence-electron chi connectivity index (χ3n) is 3.57. The highest BCUT2D eigenvalue weighted by Crippen LogP contribution is 2.29. The van der Waals surface area contributed by atoms with Crippen molar-refractivity contribution < 1.29 is 5.11 Å². The molecule has 3 aromatic rings. The first-order valence-electron chi connectivity index (χ1n) is 6.28. The molecule has 1 heterocycles. The maximum absolute atomic E-state index is 10.8. The van der Waals surface area contributed by atoms with E-state index in [1.807, 2.05) is 54.2 Å². The number of hydrogen-bond donors (Lipinski definition) is 1. The molecule has 0 spiro atoms. The van der Waals surface area contributed by atoms with Crippen molar-refractivity contribution in [1.82, 2.24) is 9.55 Å². The van der Waals surface area contributed by atoms with Crippen molar-refractivity contribution in [2.75, 3.05) is 0 Å². The summed E-state index contributed by atoms with van der Waals surface area (Å²) in [5.74, 6) is 0.641. The number of nitrogens with zero attached hydrogens (tertiary/aromatic N) is 2. The fraction of sp³-hybridized carbons (Fsp3) is 0.188. The second-order valence-electron chi connectivity index (χ2n) is 5.00. The van der Waals surface area contributed by atoms with Gasteiger partial charge in [-0.15, -0.1) is 0 Å². The van der Waals surface area contributed by atoms with Crippen LogP contribution in [0.1, 0.15) is 18.3 Å². The number of aromatic nitrogens is 2. The molecule has 1 atom stereocenters. The van der Waals surface area contributed by atoms with E-state index in [0.717, 1.165) is 10.9 Å². The summed E-state index contributed by atoms with van der Waals surface area (Å²) in [6, 6.07) is 14.1. The predicted molar refractivity (Wildman–Crippen MR) is 75.8 cm³/mol. The number of fused-ring (bicyclic) bond motifs is 1. The molecule has 0 radical (unpaired) electrons. The number of benzene rings is 2. The fourth-order valence-corrected chi connectivity index (χ4v) is 2.46. The van der Waals surface area contributed by atoms with E-state index < -0.39 is 5.60 Å². The van der Waals surface area contributed by atoms with E-state index in [4.69, 9.17) is 0 Å². The lowest BCUT2D eigenvalue weighted by atomic mass is 9.93. The maximum atomic E-state index is 10.8. The molecule has 96 valence electrons. The van der Waals surface area contributed by atoms with E-state index in [0.29, 0.717) is 5.82 Å². The Morgan fingerprint density at radius 3 is 2.53 bits per heavy atom. The highest BCUT2D eigenvalue weighted by atomic mass is 16.3. The summed E-state index contributed by atoms with van der Waals surface area (Å²) in [4.78, 5) is 4.26. The molecule has 19 heavy (non-hydrogen) atoms. The van der Waals surface area contributed by atoms with Gasteiger partial charge in [-0.3, -0.25) is 0 Å². The maximum Gasteiger partial charge on any atom is 0.144 e. The van der Waals surface area contributed by atoms with Gasteiger partial charge >= 0.3 is 0 Å². The van der Waals surface area contributed by atoms with Crippen molar-refractivity contribution >= 4 is 10.8 Å². The quantitative estimate of drug-likeness (QED) is 0.761. The molecule has 0 aliphatic heterocycles. The number of hydrogen-bond acceptors (Lipinski definition) is 2. The van der Waals surface area contributed by atoms with Crippen LogP contribution in [0.3, 0.4) is 0 Å². The Labute approximate surface area is 112 Å². The first kappa shape index (κ1) is 11.9. The lowest BCUT2D eigenvalue weighted by Gasteiger charge is -2.23. The zero-order chi connectivity index (χ0) is 13.5. The van der Waals surface area contributed by atoms with E-state index in [2.05, 4.69) is 11.1 Å². The second kappa shape index (κ2) is 4.21. The molecule has 1 N–H and O–H groups in total. The molecule has 2 aromatic carbocycles. The van der Waals surface area contributed by atoms with Crippen LogP contribution in [0.25, 0.3) is 10.8 Å². The van der Waals surface area contributed by atoms with Crippen molar-refractivity contribution in [2.24, 2.45) is 7.05 Å². The Bertz CT molecular complexity index is 728. The molecular formula is C16H16N2O. The molecule has 0 saturated heterocycles. The highest BCUT2D eigenvalue weighted by molar-refractivity contribution is 5.83. The first-order valence-corrected chi connectivity index (χ1v) is 6.28. The topological polar surface area (TPSA) is 38.0 Å². The zero-order valence-corrected chi connectivity index (χ0v) is 11.0. The Kier molecular flexibility index (Phi) is 2.64. The van der Waals surface area contributed by atoms with Gasteiger partial charge < -0.3 is 9.67 Å². The van der Waals surface area contributed by atoms with E-state index in [-0.39, 0.29) is 0 Å². The average Bonchev–Trinajstić information content (AvgIpc) is 2.85. The second-order valence-corrected chi connectivity index (χ2v) is 5.00. The number of aryl methyl sites for hydroxylation is 1. The van der Waals surface area contributed by atoms with Crippen LogP contribution in [0.5, 0.6) is 0 Å². The zero-order valence-electron chi connectivity index (χ0n) is 11.0. The molecular weight excluding hydrogens is 236 g/mol. The van der Waals surface area contributed by atoms with Crippen molar-refractivity contribution in [3.63, 3.8) is 0 Å². The van der Waals surface area contributed by atoms with Crippen LogP contribution in [0, 0.1) is 0 Å². The predicted octanol–water partition coefficient (Wildman–Crippen LogP) is 2.83. The van der Waals surface area contributed by atoms with Crippen molar-refractivity contribution in [1.29, 1.82) is 0 Å². The molecule has 1 unspecified atom stereocenters. The van der Waals surface area contributed by atoms with Crippen LogP contribution in [-0.2, 0) is 12.6 Å². The van der Waals surface area contributed by atoms with Gasteiger partial charge in [-0.25, -0.2) is 4.98 Å². The number of rotatable bonds is 2.